The van der Waals surface area contributed by atoms with Gasteiger partial charge in [0.2, 0.25) is 5.91 Å². The molecule has 1 atom stereocenters. The van der Waals surface area contributed by atoms with E-state index in [-0.39, 0.29) is 11.2 Å². The Kier molecular flexibility index (Phi) is 6.73. The number of aryl methyl sites for hydroxylation is 1. The van der Waals surface area contributed by atoms with Gasteiger partial charge in [-0.15, -0.1) is 10.2 Å². The molecule has 1 heterocycles. The SMILES string of the molecule is CCSc1nnc(S[C@H](C)C(=O)Nc2cc(C)ccc2OC)s1. The van der Waals surface area contributed by atoms with Gasteiger partial charge in [0.05, 0.1) is 18.0 Å². The van der Waals surface area contributed by atoms with Crippen molar-refractivity contribution >= 4 is 46.5 Å². The summed E-state index contributed by atoms with van der Waals surface area (Å²) < 4.78 is 7.02. The Balaban J connectivity index is 2.00. The summed E-state index contributed by atoms with van der Waals surface area (Å²) in [4.78, 5) is 12.4. The Morgan fingerprint density at radius 3 is 2.83 bits per heavy atom. The average Bonchev–Trinajstić information content (AvgIpc) is 2.95. The number of nitrogens with one attached hydrogen (secondary N) is 1. The van der Waals surface area contributed by atoms with Crippen molar-refractivity contribution in [1.82, 2.24) is 10.2 Å². The third-order valence-corrected chi connectivity index (χ3v) is 6.04. The maximum atomic E-state index is 12.4. The molecule has 1 amide bonds. The minimum atomic E-state index is -0.271. The fraction of sp³-hybridized carbons (Fsp3) is 0.400. The number of amides is 1. The van der Waals surface area contributed by atoms with E-state index in [9.17, 15) is 4.79 Å². The van der Waals surface area contributed by atoms with E-state index in [0.29, 0.717) is 11.4 Å². The van der Waals surface area contributed by atoms with Crippen LogP contribution in [0.1, 0.15) is 19.4 Å². The first-order chi connectivity index (χ1) is 11.0. The highest BCUT2D eigenvalue weighted by atomic mass is 32.2. The largest absolute Gasteiger partial charge is 0.495 e. The van der Waals surface area contributed by atoms with Crippen molar-refractivity contribution in [3.8, 4) is 5.75 Å². The molecule has 0 aliphatic heterocycles. The third kappa shape index (κ3) is 5.12. The molecule has 1 aromatic carbocycles. The van der Waals surface area contributed by atoms with E-state index in [1.54, 1.807) is 18.9 Å². The van der Waals surface area contributed by atoms with Crippen LogP contribution in [0.25, 0.3) is 0 Å². The van der Waals surface area contributed by atoms with Gasteiger partial charge in [-0.3, -0.25) is 4.79 Å². The Labute approximate surface area is 148 Å². The number of thioether (sulfide) groups is 2. The van der Waals surface area contributed by atoms with Crippen LogP contribution >= 0.6 is 34.9 Å². The van der Waals surface area contributed by atoms with Gasteiger partial charge in [0.15, 0.2) is 8.68 Å². The first kappa shape index (κ1) is 18.1. The number of ether oxygens (including phenoxy) is 1. The molecule has 0 fully saturated rings. The maximum absolute atomic E-state index is 12.4. The predicted molar refractivity (Wildman–Crippen MR) is 98.0 cm³/mol. The number of methoxy groups -OCH3 is 1. The summed E-state index contributed by atoms with van der Waals surface area (Å²) >= 11 is 4.59. The van der Waals surface area contributed by atoms with Crippen molar-refractivity contribution in [2.45, 2.75) is 34.7 Å². The molecule has 23 heavy (non-hydrogen) atoms. The Bertz CT molecular complexity index is 676. The summed E-state index contributed by atoms with van der Waals surface area (Å²) in [6.07, 6.45) is 0. The van der Waals surface area contributed by atoms with Crippen LogP contribution in [0.5, 0.6) is 5.75 Å². The van der Waals surface area contributed by atoms with Gasteiger partial charge in [0.1, 0.15) is 5.75 Å². The number of carbonyl (C=O) groups is 1. The van der Waals surface area contributed by atoms with Crippen LogP contribution in [0.2, 0.25) is 0 Å². The Morgan fingerprint density at radius 1 is 1.39 bits per heavy atom. The van der Waals surface area contributed by atoms with E-state index < -0.39 is 0 Å². The smallest absolute Gasteiger partial charge is 0.237 e. The number of hydrogen-bond donors (Lipinski definition) is 1. The molecule has 8 heteroatoms. The molecule has 0 aliphatic rings. The number of anilines is 1. The highest BCUT2D eigenvalue weighted by Crippen LogP contribution is 2.32. The summed E-state index contributed by atoms with van der Waals surface area (Å²) in [5, 5.41) is 10.9. The first-order valence-electron chi connectivity index (χ1n) is 7.12. The van der Waals surface area contributed by atoms with E-state index >= 15 is 0 Å². The zero-order valence-corrected chi connectivity index (χ0v) is 15.9. The van der Waals surface area contributed by atoms with Gasteiger partial charge in [0, 0.05) is 0 Å². The third-order valence-electron chi connectivity index (χ3n) is 2.92. The van der Waals surface area contributed by atoms with Gasteiger partial charge < -0.3 is 10.1 Å². The van der Waals surface area contributed by atoms with Gasteiger partial charge >= 0.3 is 0 Å². The first-order valence-corrected chi connectivity index (χ1v) is 9.80. The van der Waals surface area contributed by atoms with Crippen molar-refractivity contribution in [2.24, 2.45) is 0 Å². The predicted octanol–water partition coefficient (Wildman–Crippen LogP) is 4.09. The summed E-state index contributed by atoms with van der Waals surface area (Å²) in [6.45, 7) is 5.90. The second-order valence-corrected chi connectivity index (χ2v) is 8.80. The number of hydrogen-bond acceptors (Lipinski definition) is 7. The molecule has 5 nitrogen and oxygen atoms in total. The van der Waals surface area contributed by atoms with Gasteiger partial charge in [-0.05, 0) is 37.3 Å². The van der Waals surface area contributed by atoms with E-state index in [1.165, 1.54) is 23.1 Å². The van der Waals surface area contributed by atoms with Gasteiger partial charge in [-0.1, -0.05) is 47.9 Å². The monoisotopic (exact) mass is 369 g/mol. The molecule has 0 unspecified atom stereocenters. The van der Waals surface area contributed by atoms with E-state index in [4.69, 9.17) is 4.74 Å². The minimum Gasteiger partial charge on any atom is -0.495 e. The Hall–Kier alpha value is -1.25. The minimum absolute atomic E-state index is 0.0844. The Morgan fingerprint density at radius 2 is 2.13 bits per heavy atom. The summed E-state index contributed by atoms with van der Waals surface area (Å²) in [6, 6.07) is 5.69. The maximum Gasteiger partial charge on any atom is 0.237 e. The van der Waals surface area contributed by atoms with Crippen molar-refractivity contribution in [1.29, 1.82) is 0 Å². The van der Waals surface area contributed by atoms with Crippen LogP contribution in [0.3, 0.4) is 0 Å². The molecule has 0 spiro atoms. The lowest BCUT2D eigenvalue weighted by atomic mass is 10.2. The average molecular weight is 370 g/mol. The molecule has 0 aliphatic carbocycles. The van der Waals surface area contributed by atoms with Crippen LogP contribution in [-0.4, -0.2) is 34.2 Å². The molecule has 0 radical (unpaired) electrons. The number of benzene rings is 1. The van der Waals surface area contributed by atoms with Gasteiger partial charge in [-0.2, -0.15) is 0 Å². The fourth-order valence-corrected chi connectivity index (χ4v) is 4.85. The molecule has 2 aromatic rings. The van der Waals surface area contributed by atoms with Crippen LogP contribution in [-0.2, 0) is 4.79 Å². The van der Waals surface area contributed by atoms with Crippen molar-refractivity contribution < 1.29 is 9.53 Å². The zero-order chi connectivity index (χ0) is 16.8. The summed E-state index contributed by atoms with van der Waals surface area (Å²) in [5.41, 5.74) is 1.75. The molecular formula is C15H19N3O2S3. The van der Waals surface area contributed by atoms with Crippen molar-refractivity contribution in [2.75, 3.05) is 18.2 Å². The molecule has 2 rings (SSSR count). The number of carbonyl (C=O) groups excluding carboxylic acids is 1. The van der Waals surface area contributed by atoms with Crippen LogP contribution < -0.4 is 10.1 Å². The van der Waals surface area contributed by atoms with Crippen LogP contribution in [0.15, 0.2) is 26.9 Å². The quantitative estimate of drug-likeness (QED) is 0.742. The standard InChI is InChI=1S/C15H19N3O2S3/c1-5-21-14-17-18-15(23-14)22-10(3)13(19)16-11-8-9(2)6-7-12(11)20-4/h6-8,10H,5H2,1-4H3,(H,16,19)/t10-/m1/s1. The van der Waals surface area contributed by atoms with E-state index in [2.05, 4.69) is 22.4 Å². The van der Waals surface area contributed by atoms with Crippen LogP contribution in [0.4, 0.5) is 5.69 Å². The van der Waals surface area contributed by atoms with Crippen molar-refractivity contribution in [3.05, 3.63) is 23.8 Å². The number of nitrogens with zero attached hydrogens (tertiary/aromatic N) is 2. The molecular weight excluding hydrogens is 350 g/mol. The highest BCUT2D eigenvalue weighted by molar-refractivity contribution is 8.03. The lowest BCUT2D eigenvalue weighted by molar-refractivity contribution is -0.115. The normalized spacial score (nSPS) is 12.0. The lowest BCUT2D eigenvalue weighted by Crippen LogP contribution is -2.22. The summed E-state index contributed by atoms with van der Waals surface area (Å²) in [7, 11) is 1.59. The fourth-order valence-electron chi connectivity index (χ4n) is 1.79. The zero-order valence-electron chi connectivity index (χ0n) is 13.5. The van der Waals surface area contributed by atoms with Gasteiger partial charge in [-0.25, -0.2) is 0 Å². The second kappa shape index (κ2) is 8.56. The van der Waals surface area contributed by atoms with Crippen molar-refractivity contribution in [3.63, 3.8) is 0 Å². The molecule has 1 N–H and O–H groups in total. The molecule has 1 aromatic heterocycles. The molecule has 0 saturated heterocycles. The number of rotatable bonds is 7. The van der Waals surface area contributed by atoms with Crippen LogP contribution in [0, 0.1) is 6.92 Å². The topological polar surface area (TPSA) is 64.1 Å². The molecule has 124 valence electrons. The van der Waals surface area contributed by atoms with E-state index in [0.717, 1.165) is 20.0 Å². The second-order valence-electron chi connectivity index (χ2n) is 4.72. The lowest BCUT2D eigenvalue weighted by Gasteiger charge is -2.13. The van der Waals surface area contributed by atoms with Gasteiger partial charge in [0.25, 0.3) is 0 Å². The van der Waals surface area contributed by atoms with E-state index in [1.807, 2.05) is 32.0 Å². The molecule has 0 bridgehead atoms. The number of aromatic nitrogens is 2. The molecule has 0 saturated carbocycles. The summed E-state index contributed by atoms with van der Waals surface area (Å²) in [5.74, 6) is 1.53. The highest BCUT2D eigenvalue weighted by Gasteiger charge is 2.18.